The number of hydrogen-bond acceptors (Lipinski definition) is 1. The predicted octanol–water partition coefficient (Wildman–Crippen LogP) is 3.19. The fraction of sp³-hybridized carbons (Fsp3) is 0.312. The monoisotopic (exact) mass is 256 g/mol. The third-order valence-corrected chi connectivity index (χ3v) is 3.50. The fourth-order valence-corrected chi connectivity index (χ4v) is 2.30. The van der Waals surface area contributed by atoms with E-state index in [0.29, 0.717) is 6.54 Å². The van der Waals surface area contributed by atoms with Crippen LogP contribution in [0.5, 0.6) is 0 Å². The van der Waals surface area contributed by atoms with Crippen LogP contribution in [0.4, 0.5) is 0 Å². The predicted molar refractivity (Wildman–Crippen MR) is 77.9 cm³/mol. The Morgan fingerprint density at radius 3 is 2.42 bits per heavy atom. The average molecular weight is 256 g/mol. The van der Waals surface area contributed by atoms with Crippen molar-refractivity contribution < 1.29 is 4.79 Å². The van der Waals surface area contributed by atoms with E-state index in [-0.39, 0.29) is 5.91 Å². The van der Waals surface area contributed by atoms with Gasteiger partial charge in [-0.1, -0.05) is 18.2 Å². The molecule has 1 heterocycles. The van der Waals surface area contributed by atoms with Gasteiger partial charge >= 0.3 is 0 Å². The Labute approximate surface area is 114 Å². The molecule has 0 atom stereocenters. The van der Waals surface area contributed by atoms with Crippen molar-refractivity contribution in [3.05, 3.63) is 53.3 Å². The van der Waals surface area contributed by atoms with Crippen LogP contribution in [0.2, 0.25) is 0 Å². The van der Waals surface area contributed by atoms with Crippen molar-refractivity contribution in [2.75, 3.05) is 13.6 Å². The molecule has 0 aliphatic heterocycles. The number of nitrogens with zero attached hydrogens (tertiary/aromatic N) is 2. The molecule has 0 fully saturated rings. The molecule has 0 spiro atoms. The second kappa shape index (κ2) is 5.31. The maximum absolute atomic E-state index is 12.3. The fourth-order valence-electron chi connectivity index (χ4n) is 2.30. The average Bonchev–Trinajstić information content (AvgIpc) is 2.73. The molecule has 2 aromatic rings. The number of aryl methyl sites for hydroxylation is 1. The van der Waals surface area contributed by atoms with Crippen molar-refractivity contribution in [3.63, 3.8) is 0 Å². The van der Waals surface area contributed by atoms with Gasteiger partial charge in [0, 0.05) is 30.7 Å². The Bertz CT molecular complexity index is 584. The minimum Gasteiger partial charge on any atom is -0.342 e. The lowest BCUT2D eigenvalue weighted by Gasteiger charge is -2.15. The molecule has 0 radical (unpaired) electrons. The Morgan fingerprint density at radius 2 is 1.84 bits per heavy atom. The topological polar surface area (TPSA) is 25.2 Å². The van der Waals surface area contributed by atoms with Crippen LogP contribution >= 0.6 is 0 Å². The summed E-state index contributed by atoms with van der Waals surface area (Å²) in [6.45, 7) is 6.72. The molecule has 3 heteroatoms. The van der Waals surface area contributed by atoms with E-state index in [0.717, 1.165) is 22.6 Å². The Morgan fingerprint density at radius 1 is 1.21 bits per heavy atom. The van der Waals surface area contributed by atoms with Gasteiger partial charge in [0.25, 0.3) is 5.91 Å². The standard InChI is InChI=1S/C16H20N2O/c1-5-17(4)16(19)15-11-12(2)18(13(15)3)14-9-7-6-8-10-14/h6-11H,5H2,1-4H3. The van der Waals surface area contributed by atoms with E-state index in [9.17, 15) is 4.79 Å². The van der Waals surface area contributed by atoms with Gasteiger partial charge in [-0.25, -0.2) is 0 Å². The lowest BCUT2D eigenvalue weighted by molar-refractivity contribution is 0.0802. The molecule has 0 bridgehead atoms. The number of amides is 1. The van der Waals surface area contributed by atoms with Gasteiger partial charge in [0.15, 0.2) is 0 Å². The molecule has 2 rings (SSSR count). The minimum absolute atomic E-state index is 0.0813. The Hall–Kier alpha value is -2.03. The zero-order valence-electron chi connectivity index (χ0n) is 12.0. The molecule has 0 aliphatic rings. The van der Waals surface area contributed by atoms with Crippen LogP contribution in [0.15, 0.2) is 36.4 Å². The number of rotatable bonds is 3. The van der Waals surface area contributed by atoms with Crippen molar-refractivity contribution >= 4 is 5.91 Å². The molecule has 0 aliphatic carbocycles. The summed E-state index contributed by atoms with van der Waals surface area (Å²) in [6, 6.07) is 12.1. The van der Waals surface area contributed by atoms with E-state index in [1.54, 1.807) is 4.90 Å². The van der Waals surface area contributed by atoms with Gasteiger partial charge < -0.3 is 9.47 Å². The smallest absolute Gasteiger partial charge is 0.255 e. The summed E-state index contributed by atoms with van der Waals surface area (Å²) in [5, 5.41) is 0. The van der Waals surface area contributed by atoms with Gasteiger partial charge in [-0.15, -0.1) is 0 Å². The molecule has 0 N–H and O–H groups in total. The molecule has 100 valence electrons. The van der Waals surface area contributed by atoms with Crippen molar-refractivity contribution in [1.82, 2.24) is 9.47 Å². The van der Waals surface area contributed by atoms with Gasteiger partial charge in [0.05, 0.1) is 5.56 Å². The quantitative estimate of drug-likeness (QED) is 0.828. The van der Waals surface area contributed by atoms with Crippen LogP contribution in [-0.4, -0.2) is 29.0 Å². The van der Waals surface area contributed by atoms with E-state index in [1.807, 2.05) is 52.1 Å². The number of carbonyl (C=O) groups excluding carboxylic acids is 1. The molecule has 1 aromatic heterocycles. The van der Waals surface area contributed by atoms with Crippen LogP contribution in [0.1, 0.15) is 28.7 Å². The van der Waals surface area contributed by atoms with E-state index < -0.39 is 0 Å². The zero-order valence-corrected chi connectivity index (χ0v) is 12.0. The van der Waals surface area contributed by atoms with Gasteiger partial charge in [-0.2, -0.15) is 0 Å². The van der Waals surface area contributed by atoms with Crippen LogP contribution in [0.3, 0.4) is 0 Å². The summed E-state index contributed by atoms with van der Waals surface area (Å²) < 4.78 is 2.12. The van der Waals surface area contributed by atoms with Crippen molar-refractivity contribution in [2.45, 2.75) is 20.8 Å². The molecule has 3 nitrogen and oxygen atoms in total. The molecule has 1 aromatic carbocycles. The molecule has 1 amide bonds. The van der Waals surface area contributed by atoms with E-state index in [4.69, 9.17) is 0 Å². The summed E-state index contributed by atoms with van der Waals surface area (Å²) in [4.78, 5) is 14.0. The van der Waals surface area contributed by atoms with E-state index in [2.05, 4.69) is 16.7 Å². The lowest BCUT2D eigenvalue weighted by atomic mass is 10.2. The van der Waals surface area contributed by atoms with Gasteiger partial charge in [-0.3, -0.25) is 4.79 Å². The highest BCUT2D eigenvalue weighted by Crippen LogP contribution is 2.21. The second-order valence-electron chi connectivity index (χ2n) is 4.78. The molecule has 0 unspecified atom stereocenters. The van der Waals surface area contributed by atoms with Crippen molar-refractivity contribution in [3.8, 4) is 5.69 Å². The van der Waals surface area contributed by atoms with Crippen molar-refractivity contribution in [1.29, 1.82) is 0 Å². The third-order valence-electron chi connectivity index (χ3n) is 3.50. The summed E-state index contributed by atoms with van der Waals surface area (Å²) in [5.74, 6) is 0.0813. The van der Waals surface area contributed by atoms with Crippen LogP contribution in [-0.2, 0) is 0 Å². The molecule has 0 saturated carbocycles. The number of para-hydroxylation sites is 1. The number of hydrogen-bond donors (Lipinski definition) is 0. The summed E-state index contributed by atoms with van der Waals surface area (Å²) in [6.07, 6.45) is 0. The highest BCUT2D eigenvalue weighted by atomic mass is 16.2. The van der Waals surface area contributed by atoms with Crippen LogP contribution in [0.25, 0.3) is 5.69 Å². The number of benzene rings is 1. The summed E-state index contributed by atoms with van der Waals surface area (Å²) in [5.41, 5.74) is 3.95. The molecular formula is C16H20N2O. The second-order valence-corrected chi connectivity index (χ2v) is 4.78. The maximum Gasteiger partial charge on any atom is 0.255 e. The maximum atomic E-state index is 12.3. The number of aromatic nitrogens is 1. The van der Waals surface area contributed by atoms with Gasteiger partial charge in [0.1, 0.15) is 0 Å². The zero-order chi connectivity index (χ0) is 14.0. The molecule has 19 heavy (non-hydrogen) atoms. The first-order valence-electron chi connectivity index (χ1n) is 6.56. The SMILES string of the molecule is CCN(C)C(=O)c1cc(C)n(-c2ccccc2)c1C. The van der Waals surface area contributed by atoms with Crippen LogP contribution in [0, 0.1) is 13.8 Å². The van der Waals surface area contributed by atoms with E-state index >= 15 is 0 Å². The lowest BCUT2D eigenvalue weighted by Crippen LogP contribution is -2.26. The highest BCUT2D eigenvalue weighted by Gasteiger charge is 2.18. The third kappa shape index (κ3) is 2.41. The van der Waals surface area contributed by atoms with Crippen LogP contribution < -0.4 is 0 Å². The first kappa shape index (κ1) is 13.4. The first-order valence-corrected chi connectivity index (χ1v) is 6.56. The largest absolute Gasteiger partial charge is 0.342 e. The molecular weight excluding hydrogens is 236 g/mol. The Balaban J connectivity index is 2.49. The highest BCUT2D eigenvalue weighted by molar-refractivity contribution is 5.95. The minimum atomic E-state index is 0.0813. The normalized spacial score (nSPS) is 10.5. The summed E-state index contributed by atoms with van der Waals surface area (Å²) >= 11 is 0. The van der Waals surface area contributed by atoms with E-state index in [1.165, 1.54) is 0 Å². The number of carbonyl (C=O) groups is 1. The Kier molecular flexibility index (Phi) is 3.74. The van der Waals surface area contributed by atoms with Gasteiger partial charge in [-0.05, 0) is 39.0 Å². The summed E-state index contributed by atoms with van der Waals surface area (Å²) in [7, 11) is 1.83. The van der Waals surface area contributed by atoms with Crippen molar-refractivity contribution in [2.24, 2.45) is 0 Å². The molecule has 0 saturated heterocycles. The van der Waals surface area contributed by atoms with Gasteiger partial charge in [0.2, 0.25) is 0 Å². The first-order chi connectivity index (χ1) is 9.06.